The molecule has 2 aromatic rings. The fraction of sp³-hybridized carbons (Fsp3) is 0.125. The molecule has 0 fully saturated rings. The van der Waals surface area contributed by atoms with Gasteiger partial charge in [0.15, 0.2) is 5.78 Å². The van der Waals surface area contributed by atoms with E-state index in [1.807, 2.05) is 6.07 Å². The predicted octanol–water partition coefficient (Wildman–Crippen LogP) is 2.53. The Morgan fingerprint density at radius 3 is 2.40 bits per heavy atom. The molecule has 102 valence electrons. The van der Waals surface area contributed by atoms with E-state index >= 15 is 0 Å². The highest BCUT2D eigenvalue weighted by Crippen LogP contribution is 2.21. The van der Waals surface area contributed by atoms with Crippen molar-refractivity contribution in [2.45, 2.75) is 13.0 Å². The number of ketones is 1. The van der Waals surface area contributed by atoms with Gasteiger partial charge in [-0.15, -0.1) is 0 Å². The third-order valence-electron chi connectivity index (χ3n) is 2.74. The van der Waals surface area contributed by atoms with Crippen LogP contribution in [-0.2, 0) is 4.79 Å². The second-order valence-electron chi connectivity index (χ2n) is 4.30. The van der Waals surface area contributed by atoms with Gasteiger partial charge < -0.3 is 9.84 Å². The van der Waals surface area contributed by atoms with Crippen LogP contribution in [0.1, 0.15) is 28.9 Å². The zero-order valence-corrected chi connectivity index (χ0v) is 10.9. The first-order valence-electron chi connectivity index (χ1n) is 6.13. The highest BCUT2D eigenvalue weighted by atomic mass is 16.5. The van der Waals surface area contributed by atoms with E-state index < -0.39 is 17.9 Å². The van der Waals surface area contributed by atoms with Crippen LogP contribution in [0.4, 0.5) is 0 Å². The molecule has 1 N–H and O–H groups in total. The first-order chi connectivity index (χ1) is 9.58. The van der Waals surface area contributed by atoms with E-state index in [1.54, 1.807) is 42.5 Å². The maximum atomic E-state index is 12.2. The summed E-state index contributed by atoms with van der Waals surface area (Å²) in [5.41, 5.74) is 0.815. The van der Waals surface area contributed by atoms with Gasteiger partial charge in [0.05, 0.1) is 0 Å². The molecule has 0 saturated carbocycles. The average Bonchev–Trinajstić information content (AvgIpc) is 2.46. The minimum atomic E-state index is -1.23. The quantitative estimate of drug-likeness (QED) is 0.527. The molecule has 2 rings (SSSR count). The molecule has 1 unspecified atom stereocenters. The lowest BCUT2D eigenvalue weighted by Crippen LogP contribution is -2.12. The Labute approximate surface area is 116 Å². The van der Waals surface area contributed by atoms with Crippen molar-refractivity contribution in [1.29, 1.82) is 0 Å². The van der Waals surface area contributed by atoms with Gasteiger partial charge in [-0.05, 0) is 17.7 Å². The van der Waals surface area contributed by atoms with Crippen LogP contribution in [-0.4, -0.2) is 16.9 Å². The third-order valence-corrected chi connectivity index (χ3v) is 2.74. The average molecular weight is 270 g/mol. The number of ether oxygens (including phenoxy) is 1. The first-order valence-corrected chi connectivity index (χ1v) is 6.13. The Morgan fingerprint density at radius 1 is 1.05 bits per heavy atom. The largest absolute Gasteiger partial charge is 0.427 e. The minimum Gasteiger partial charge on any atom is -0.427 e. The van der Waals surface area contributed by atoms with Crippen molar-refractivity contribution in [2.24, 2.45) is 0 Å². The summed E-state index contributed by atoms with van der Waals surface area (Å²) in [7, 11) is 0. The number of Topliss-reactive ketones (excluding diaryl/α,β-unsaturated/α-hetero) is 1. The van der Waals surface area contributed by atoms with Crippen molar-refractivity contribution in [1.82, 2.24) is 0 Å². The molecule has 0 aliphatic rings. The summed E-state index contributed by atoms with van der Waals surface area (Å²) in [5, 5.41) is 10.1. The van der Waals surface area contributed by atoms with Crippen molar-refractivity contribution < 1.29 is 19.4 Å². The Balaban J connectivity index is 2.23. The van der Waals surface area contributed by atoms with Crippen LogP contribution in [0.15, 0.2) is 54.6 Å². The Hall–Kier alpha value is -2.46. The second-order valence-corrected chi connectivity index (χ2v) is 4.30. The smallest absolute Gasteiger partial charge is 0.308 e. The number of hydrogen-bond donors (Lipinski definition) is 1. The van der Waals surface area contributed by atoms with Gasteiger partial charge in [-0.1, -0.05) is 42.5 Å². The van der Waals surface area contributed by atoms with Crippen LogP contribution >= 0.6 is 0 Å². The van der Waals surface area contributed by atoms with E-state index in [1.165, 1.54) is 13.0 Å². The van der Waals surface area contributed by atoms with Crippen molar-refractivity contribution in [3.05, 3.63) is 65.7 Å². The zero-order chi connectivity index (χ0) is 14.5. The molecule has 0 aliphatic heterocycles. The lowest BCUT2D eigenvalue weighted by molar-refractivity contribution is -0.131. The van der Waals surface area contributed by atoms with Crippen molar-refractivity contribution in [3.63, 3.8) is 0 Å². The number of aliphatic hydroxyl groups is 1. The summed E-state index contributed by atoms with van der Waals surface area (Å²) in [5.74, 6) is -0.618. The summed E-state index contributed by atoms with van der Waals surface area (Å²) >= 11 is 0. The van der Waals surface area contributed by atoms with Crippen LogP contribution in [0.2, 0.25) is 0 Å². The summed E-state index contributed by atoms with van der Waals surface area (Å²) in [6.45, 7) is 1.29. The molecule has 0 aromatic heterocycles. The molecule has 2 aromatic carbocycles. The number of aliphatic hydroxyl groups excluding tert-OH is 1. The Morgan fingerprint density at radius 2 is 1.75 bits per heavy atom. The van der Waals surface area contributed by atoms with Gasteiger partial charge in [-0.25, -0.2) is 0 Å². The van der Waals surface area contributed by atoms with E-state index in [0.29, 0.717) is 11.1 Å². The van der Waals surface area contributed by atoms with Gasteiger partial charge in [0.25, 0.3) is 0 Å². The van der Waals surface area contributed by atoms with Gasteiger partial charge in [-0.2, -0.15) is 0 Å². The molecule has 0 spiro atoms. The van der Waals surface area contributed by atoms with Crippen LogP contribution in [0.25, 0.3) is 0 Å². The molecular weight excluding hydrogens is 256 g/mol. The highest BCUT2D eigenvalue weighted by molar-refractivity contribution is 6.00. The summed E-state index contributed by atoms with van der Waals surface area (Å²) in [6.07, 6.45) is -1.23. The number of benzene rings is 2. The number of carbonyl (C=O) groups excluding carboxylic acids is 2. The lowest BCUT2D eigenvalue weighted by atomic mass is 10.00. The second kappa shape index (κ2) is 6.12. The van der Waals surface area contributed by atoms with E-state index in [9.17, 15) is 14.7 Å². The Bertz CT molecular complexity index is 619. The van der Waals surface area contributed by atoms with Crippen LogP contribution in [0.5, 0.6) is 5.75 Å². The summed E-state index contributed by atoms with van der Waals surface area (Å²) in [6, 6.07) is 14.9. The lowest BCUT2D eigenvalue weighted by Gasteiger charge is -2.10. The van der Waals surface area contributed by atoms with Crippen LogP contribution in [0, 0.1) is 0 Å². The van der Waals surface area contributed by atoms with E-state index in [2.05, 4.69) is 0 Å². The molecule has 0 aliphatic carbocycles. The van der Waals surface area contributed by atoms with Crippen LogP contribution < -0.4 is 4.74 Å². The molecule has 0 radical (unpaired) electrons. The number of esters is 1. The van der Waals surface area contributed by atoms with E-state index in [-0.39, 0.29) is 5.75 Å². The maximum Gasteiger partial charge on any atom is 0.308 e. The molecule has 0 saturated heterocycles. The minimum absolute atomic E-state index is 0.281. The Kier molecular flexibility index (Phi) is 4.27. The van der Waals surface area contributed by atoms with Crippen LogP contribution in [0.3, 0.4) is 0 Å². The maximum absolute atomic E-state index is 12.2. The van der Waals surface area contributed by atoms with Gasteiger partial charge in [-0.3, -0.25) is 9.59 Å². The number of hydrogen-bond acceptors (Lipinski definition) is 4. The molecule has 4 nitrogen and oxygen atoms in total. The third kappa shape index (κ3) is 3.30. The van der Waals surface area contributed by atoms with Crippen molar-refractivity contribution in [3.8, 4) is 5.75 Å². The van der Waals surface area contributed by atoms with Crippen molar-refractivity contribution in [2.75, 3.05) is 0 Å². The van der Waals surface area contributed by atoms with Gasteiger partial charge in [0.2, 0.25) is 0 Å². The zero-order valence-electron chi connectivity index (χ0n) is 10.9. The van der Waals surface area contributed by atoms with Crippen molar-refractivity contribution >= 4 is 11.8 Å². The summed E-state index contributed by atoms with van der Waals surface area (Å²) in [4.78, 5) is 23.1. The molecule has 4 heteroatoms. The fourth-order valence-corrected chi connectivity index (χ4v) is 1.82. The fourth-order valence-electron chi connectivity index (χ4n) is 1.82. The van der Waals surface area contributed by atoms with Gasteiger partial charge in [0.1, 0.15) is 11.9 Å². The molecule has 0 amide bonds. The van der Waals surface area contributed by atoms with E-state index in [4.69, 9.17) is 4.74 Å². The summed E-state index contributed by atoms with van der Waals surface area (Å²) < 4.78 is 4.92. The normalized spacial score (nSPS) is 11.7. The SMILES string of the molecule is CC(=O)Oc1cccc(C(=O)C(O)c2ccccc2)c1. The highest BCUT2D eigenvalue weighted by Gasteiger charge is 2.19. The first kappa shape index (κ1) is 14.0. The number of carbonyl (C=O) groups is 2. The van der Waals surface area contributed by atoms with E-state index in [0.717, 1.165) is 0 Å². The monoisotopic (exact) mass is 270 g/mol. The molecule has 20 heavy (non-hydrogen) atoms. The van der Waals surface area contributed by atoms with Gasteiger partial charge >= 0.3 is 5.97 Å². The molecule has 0 bridgehead atoms. The molecule has 1 atom stereocenters. The standard InChI is InChI=1S/C16H14O4/c1-11(17)20-14-9-5-8-13(10-14)16(19)15(18)12-6-3-2-4-7-12/h2-10,15,18H,1H3. The molecule has 0 heterocycles. The topological polar surface area (TPSA) is 63.6 Å². The predicted molar refractivity (Wildman–Crippen MR) is 73.5 cm³/mol. The molecular formula is C16H14O4. The number of rotatable bonds is 4. The van der Waals surface area contributed by atoms with Gasteiger partial charge in [0, 0.05) is 12.5 Å².